The van der Waals surface area contributed by atoms with Gasteiger partial charge in [-0.15, -0.1) is 0 Å². The van der Waals surface area contributed by atoms with Crippen LogP contribution in [-0.2, 0) is 0 Å². The smallest absolute Gasteiger partial charge is 0.391 e. The molecule has 1 aromatic carbocycles. The van der Waals surface area contributed by atoms with Gasteiger partial charge in [-0.1, -0.05) is 0 Å². The Balaban J connectivity index is 2.75. The second-order valence-electron chi connectivity index (χ2n) is 2.10. The first kappa shape index (κ1) is 9.85. The Bertz CT molecular complexity index is 298. The van der Waals surface area contributed by atoms with E-state index in [1.807, 2.05) is 0 Å². The van der Waals surface area contributed by atoms with Crippen LogP contribution in [0.2, 0.25) is 0 Å². The van der Waals surface area contributed by atoms with E-state index in [-0.39, 0.29) is 11.4 Å². The summed E-state index contributed by atoms with van der Waals surface area (Å²) in [6.45, 7) is 0. The van der Waals surface area contributed by atoms with Crippen molar-refractivity contribution in [2.75, 3.05) is 0 Å². The Morgan fingerprint density at radius 3 is 2.23 bits per heavy atom. The van der Waals surface area contributed by atoms with E-state index in [0.29, 0.717) is 0 Å². The standard InChI is InChI=1S/C6H6NO5P/c8-7(9)5-1-3-6(4-2-5)12-13(10)11/h1-4,10-11H. The van der Waals surface area contributed by atoms with E-state index in [1.54, 1.807) is 0 Å². The van der Waals surface area contributed by atoms with Crippen molar-refractivity contribution in [3.05, 3.63) is 34.4 Å². The van der Waals surface area contributed by atoms with Gasteiger partial charge in [-0.05, 0) is 12.1 Å². The van der Waals surface area contributed by atoms with E-state index in [9.17, 15) is 10.1 Å². The van der Waals surface area contributed by atoms with E-state index in [4.69, 9.17) is 9.79 Å². The number of non-ortho nitro benzene ring substituents is 1. The van der Waals surface area contributed by atoms with E-state index in [2.05, 4.69) is 4.52 Å². The first-order valence-corrected chi connectivity index (χ1v) is 4.36. The van der Waals surface area contributed by atoms with Crippen molar-refractivity contribution in [1.82, 2.24) is 0 Å². The van der Waals surface area contributed by atoms with Crippen molar-refractivity contribution < 1.29 is 19.2 Å². The third-order valence-electron chi connectivity index (χ3n) is 1.23. The molecule has 1 rings (SSSR count). The van der Waals surface area contributed by atoms with Crippen LogP contribution in [0.15, 0.2) is 24.3 Å². The van der Waals surface area contributed by atoms with Gasteiger partial charge in [0.15, 0.2) is 0 Å². The summed E-state index contributed by atoms with van der Waals surface area (Å²) < 4.78 is 4.50. The zero-order chi connectivity index (χ0) is 9.84. The maximum Gasteiger partial charge on any atom is 0.391 e. The topological polar surface area (TPSA) is 92.8 Å². The van der Waals surface area contributed by atoms with Crippen LogP contribution in [0.5, 0.6) is 5.75 Å². The Hall–Kier alpha value is -1.23. The monoisotopic (exact) mass is 203 g/mol. The van der Waals surface area contributed by atoms with Gasteiger partial charge in [0.25, 0.3) is 5.69 Å². The molecule has 13 heavy (non-hydrogen) atoms. The zero-order valence-electron chi connectivity index (χ0n) is 6.32. The molecule has 0 saturated heterocycles. The average molecular weight is 203 g/mol. The van der Waals surface area contributed by atoms with Crippen LogP contribution in [-0.4, -0.2) is 14.7 Å². The van der Waals surface area contributed by atoms with Gasteiger partial charge in [0.1, 0.15) is 5.75 Å². The van der Waals surface area contributed by atoms with Gasteiger partial charge in [-0.3, -0.25) is 10.1 Å². The van der Waals surface area contributed by atoms with E-state index in [1.165, 1.54) is 24.3 Å². The summed E-state index contributed by atoms with van der Waals surface area (Å²) in [5.74, 6) is 0.182. The quantitative estimate of drug-likeness (QED) is 0.437. The predicted molar refractivity (Wildman–Crippen MR) is 45.1 cm³/mol. The number of nitro groups is 1. The number of hydrogen-bond acceptors (Lipinski definition) is 5. The molecule has 0 spiro atoms. The van der Waals surface area contributed by atoms with Gasteiger partial charge >= 0.3 is 8.60 Å². The Labute approximate surface area is 74.5 Å². The lowest BCUT2D eigenvalue weighted by Crippen LogP contribution is -1.88. The molecule has 0 atom stereocenters. The highest BCUT2D eigenvalue weighted by Crippen LogP contribution is 2.29. The minimum atomic E-state index is -2.47. The maximum absolute atomic E-state index is 10.2. The molecule has 0 aliphatic carbocycles. The van der Waals surface area contributed by atoms with E-state index in [0.717, 1.165) is 0 Å². The summed E-state index contributed by atoms with van der Waals surface area (Å²) in [5, 5.41) is 10.2. The molecule has 0 saturated carbocycles. The molecule has 0 amide bonds. The van der Waals surface area contributed by atoms with Crippen molar-refractivity contribution in [2.24, 2.45) is 0 Å². The average Bonchev–Trinajstić information content (AvgIpc) is 2.04. The number of rotatable bonds is 3. The maximum atomic E-state index is 10.2. The fraction of sp³-hybridized carbons (Fsp3) is 0. The normalized spacial score (nSPS) is 10.1. The second-order valence-corrected chi connectivity index (χ2v) is 2.78. The lowest BCUT2D eigenvalue weighted by atomic mass is 10.3. The van der Waals surface area contributed by atoms with Crippen LogP contribution in [0, 0.1) is 10.1 Å². The number of nitro benzene ring substituents is 1. The van der Waals surface area contributed by atoms with Crippen LogP contribution < -0.4 is 4.52 Å². The van der Waals surface area contributed by atoms with Crippen LogP contribution in [0.3, 0.4) is 0 Å². The van der Waals surface area contributed by atoms with Gasteiger partial charge in [-0.2, -0.15) is 0 Å². The van der Waals surface area contributed by atoms with E-state index < -0.39 is 13.5 Å². The Morgan fingerprint density at radius 1 is 1.31 bits per heavy atom. The minimum Gasteiger partial charge on any atom is -0.427 e. The van der Waals surface area contributed by atoms with Crippen molar-refractivity contribution in [3.8, 4) is 5.75 Å². The van der Waals surface area contributed by atoms with Gasteiger partial charge in [-0.25, -0.2) is 0 Å². The molecule has 2 N–H and O–H groups in total. The van der Waals surface area contributed by atoms with Crippen molar-refractivity contribution in [3.63, 3.8) is 0 Å². The highest BCUT2D eigenvalue weighted by atomic mass is 31.2. The summed E-state index contributed by atoms with van der Waals surface area (Å²) in [6, 6.07) is 5.02. The third-order valence-corrected chi connectivity index (χ3v) is 1.61. The molecule has 0 aliphatic rings. The highest BCUT2D eigenvalue weighted by Gasteiger charge is 2.06. The molecule has 0 radical (unpaired) electrons. The van der Waals surface area contributed by atoms with Crippen molar-refractivity contribution >= 4 is 14.3 Å². The minimum absolute atomic E-state index is 0.0763. The molecule has 1 aromatic rings. The van der Waals surface area contributed by atoms with Crippen LogP contribution in [0.1, 0.15) is 0 Å². The fourth-order valence-corrected chi connectivity index (χ4v) is 1.03. The Kier molecular flexibility index (Phi) is 3.13. The molecular weight excluding hydrogens is 197 g/mol. The zero-order valence-corrected chi connectivity index (χ0v) is 7.22. The van der Waals surface area contributed by atoms with Crippen molar-refractivity contribution in [2.45, 2.75) is 0 Å². The molecule has 0 aromatic heterocycles. The van der Waals surface area contributed by atoms with Gasteiger partial charge in [0, 0.05) is 12.1 Å². The highest BCUT2D eigenvalue weighted by molar-refractivity contribution is 7.39. The molecule has 6 nitrogen and oxygen atoms in total. The molecule has 0 aliphatic heterocycles. The SMILES string of the molecule is O=[N+]([O-])c1ccc(OP(O)O)cc1. The summed E-state index contributed by atoms with van der Waals surface area (Å²) >= 11 is 0. The van der Waals surface area contributed by atoms with E-state index >= 15 is 0 Å². The van der Waals surface area contributed by atoms with Crippen molar-refractivity contribution in [1.29, 1.82) is 0 Å². The summed E-state index contributed by atoms with van der Waals surface area (Å²) in [6.07, 6.45) is 0. The third kappa shape index (κ3) is 2.95. The molecule has 0 heterocycles. The lowest BCUT2D eigenvalue weighted by molar-refractivity contribution is -0.384. The number of benzene rings is 1. The molecule has 7 heteroatoms. The van der Waals surface area contributed by atoms with Gasteiger partial charge < -0.3 is 14.3 Å². The second kappa shape index (κ2) is 4.13. The van der Waals surface area contributed by atoms with Crippen LogP contribution in [0.4, 0.5) is 5.69 Å². The first-order chi connectivity index (χ1) is 6.09. The Morgan fingerprint density at radius 2 is 1.85 bits per heavy atom. The molecule has 70 valence electrons. The molecule has 0 fully saturated rings. The van der Waals surface area contributed by atoms with Gasteiger partial charge in [0.05, 0.1) is 4.92 Å². The molecule has 0 unspecified atom stereocenters. The number of nitrogens with zero attached hydrogens (tertiary/aromatic N) is 1. The fourth-order valence-electron chi connectivity index (χ4n) is 0.723. The van der Waals surface area contributed by atoms with Crippen LogP contribution >= 0.6 is 8.60 Å². The number of hydrogen-bond donors (Lipinski definition) is 2. The summed E-state index contributed by atoms with van der Waals surface area (Å²) in [4.78, 5) is 26.6. The van der Waals surface area contributed by atoms with Gasteiger partial charge in [0.2, 0.25) is 0 Å². The van der Waals surface area contributed by atoms with Crippen LogP contribution in [0.25, 0.3) is 0 Å². The predicted octanol–water partition coefficient (Wildman–Crippen LogP) is 1.19. The molecule has 0 bridgehead atoms. The first-order valence-electron chi connectivity index (χ1n) is 3.20. The largest absolute Gasteiger partial charge is 0.427 e. The lowest BCUT2D eigenvalue weighted by Gasteiger charge is -2.03. The summed E-state index contributed by atoms with van der Waals surface area (Å²) in [5.41, 5.74) is -0.0763. The summed E-state index contributed by atoms with van der Waals surface area (Å²) in [7, 11) is -2.47. The molecular formula is C6H6NO5P.